The van der Waals surface area contributed by atoms with E-state index >= 15 is 0 Å². The van der Waals surface area contributed by atoms with E-state index in [0.717, 1.165) is 26.2 Å². The molecule has 0 radical (unpaired) electrons. The van der Waals surface area contributed by atoms with Crippen LogP contribution in [0.5, 0.6) is 0 Å². The van der Waals surface area contributed by atoms with Crippen molar-refractivity contribution in [1.82, 2.24) is 30.0 Å². The Morgan fingerprint density at radius 3 is 2.65 bits per heavy atom. The molecule has 2 heterocycles. The molecule has 1 saturated heterocycles. The zero-order valence-corrected chi connectivity index (χ0v) is 14.6. The number of fused-ring (bicyclic) bond motifs is 1. The van der Waals surface area contributed by atoms with Gasteiger partial charge in [-0.1, -0.05) is 12.1 Å². The molecule has 0 spiro atoms. The molecule has 3 rings (SSSR count). The minimum Gasteiger partial charge on any atom is -0.320 e. The highest BCUT2D eigenvalue weighted by Crippen LogP contribution is 2.04. The predicted molar refractivity (Wildman–Crippen MR) is 96.6 cm³/mol. The maximum atomic E-state index is 12.3. The summed E-state index contributed by atoms with van der Waals surface area (Å²) in [6.45, 7) is 3.51. The number of hydrogen-bond acceptors (Lipinski definition) is 6. The Bertz CT molecular complexity index is 857. The van der Waals surface area contributed by atoms with Crippen molar-refractivity contribution in [2.45, 2.75) is 6.67 Å². The first-order valence-electron chi connectivity index (χ1n) is 8.46. The van der Waals surface area contributed by atoms with Crippen molar-refractivity contribution in [3.63, 3.8) is 0 Å². The molecule has 1 fully saturated rings. The zero-order valence-electron chi connectivity index (χ0n) is 14.6. The SMILES string of the molecule is CN1CCN(CC(=O)NC(=O)NCn2cnc3ccccc3c2=O)CC1. The number of nitrogens with one attached hydrogen (secondary N) is 2. The topological polar surface area (TPSA) is 99.6 Å². The molecule has 9 heteroatoms. The van der Waals surface area contributed by atoms with Crippen molar-refractivity contribution in [2.24, 2.45) is 0 Å². The predicted octanol–water partition coefficient (Wildman–Crippen LogP) is -0.573. The average molecular weight is 358 g/mol. The number of urea groups is 1. The first-order valence-corrected chi connectivity index (χ1v) is 8.46. The molecule has 138 valence electrons. The lowest BCUT2D eigenvalue weighted by atomic mass is 10.2. The van der Waals surface area contributed by atoms with Gasteiger partial charge in [-0.15, -0.1) is 0 Å². The van der Waals surface area contributed by atoms with Crippen LogP contribution in [0.2, 0.25) is 0 Å². The number of likely N-dealkylation sites (N-methyl/N-ethyl adjacent to an activating group) is 1. The van der Waals surface area contributed by atoms with Gasteiger partial charge in [0.25, 0.3) is 5.56 Å². The van der Waals surface area contributed by atoms with Crippen molar-refractivity contribution in [3.8, 4) is 0 Å². The lowest BCUT2D eigenvalue weighted by Gasteiger charge is -2.31. The smallest absolute Gasteiger partial charge is 0.320 e. The summed E-state index contributed by atoms with van der Waals surface area (Å²) in [5, 5.41) is 5.27. The highest BCUT2D eigenvalue weighted by atomic mass is 16.2. The van der Waals surface area contributed by atoms with Crippen LogP contribution in [-0.4, -0.2) is 71.1 Å². The van der Waals surface area contributed by atoms with E-state index in [9.17, 15) is 14.4 Å². The van der Waals surface area contributed by atoms with Gasteiger partial charge in [0.05, 0.1) is 23.8 Å². The van der Waals surface area contributed by atoms with Gasteiger partial charge in [-0.25, -0.2) is 9.78 Å². The third-order valence-electron chi connectivity index (χ3n) is 4.36. The lowest BCUT2D eigenvalue weighted by Crippen LogP contribution is -2.50. The van der Waals surface area contributed by atoms with Gasteiger partial charge in [-0.05, 0) is 19.2 Å². The molecular formula is C17H22N6O3. The van der Waals surface area contributed by atoms with Crippen LogP contribution in [0.4, 0.5) is 4.79 Å². The fourth-order valence-corrected chi connectivity index (χ4v) is 2.80. The van der Waals surface area contributed by atoms with Crippen LogP contribution in [0.3, 0.4) is 0 Å². The van der Waals surface area contributed by atoms with E-state index in [1.165, 1.54) is 10.9 Å². The number of amides is 3. The van der Waals surface area contributed by atoms with Gasteiger partial charge in [0, 0.05) is 26.2 Å². The maximum absolute atomic E-state index is 12.3. The van der Waals surface area contributed by atoms with Gasteiger partial charge in [-0.2, -0.15) is 0 Å². The molecule has 1 aliphatic rings. The Labute approximate surface area is 150 Å². The number of aromatic nitrogens is 2. The first kappa shape index (κ1) is 18.0. The van der Waals surface area contributed by atoms with Crippen LogP contribution >= 0.6 is 0 Å². The van der Waals surface area contributed by atoms with Crippen LogP contribution in [0, 0.1) is 0 Å². The molecule has 2 aromatic rings. The summed E-state index contributed by atoms with van der Waals surface area (Å²) >= 11 is 0. The molecule has 0 atom stereocenters. The van der Waals surface area contributed by atoms with Crippen molar-refractivity contribution >= 4 is 22.8 Å². The number of hydrogen-bond donors (Lipinski definition) is 2. The van der Waals surface area contributed by atoms with Crippen LogP contribution in [0.1, 0.15) is 0 Å². The van der Waals surface area contributed by atoms with E-state index in [2.05, 4.69) is 20.5 Å². The molecule has 2 N–H and O–H groups in total. The van der Waals surface area contributed by atoms with Gasteiger partial charge < -0.3 is 10.2 Å². The average Bonchev–Trinajstić information content (AvgIpc) is 2.63. The zero-order chi connectivity index (χ0) is 18.5. The third-order valence-corrected chi connectivity index (χ3v) is 4.36. The van der Waals surface area contributed by atoms with Gasteiger partial charge in [0.15, 0.2) is 0 Å². The van der Waals surface area contributed by atoms with Crippen molar-refractivity contribution in [1.29, 1.82) is 0 Å². The first-order chi connectivity index (χ1) is 12.5. The Balaban J connectivity index is 1.50. The summed E-state index contributed by atoms with van der Waals surface area (Å²) in [7, 11) is 2.04. The second kappa shape index (κ2) is 8.07. The lowest BCUT2D eigenvalue weighted by molar-refractivity contribution is -0.121. The highest BCUT2D eigenvalue weighted by Gasteiger charge is 2.17. The normalized spacial score (nSPS) is 15.7. The second-order valence-corrected chi connectivity index (χ2v) is 6.33. The molecule has 0 aliphatic carbocycles. The number of nitrogens with zero attached hydrogens (tertiary/aromatic N) is 4. The van der Waals surface area contributed by atoms with Crippen molar-refractivity contribution in [2.75, 3.05) is 39.8 Å². The summed E-state index contributed by atoms with van der Waals surface area (Å²) in [5.41, 5.74) is 0.347. The van der Waals surface area contributed by atoms with Crippen LogP contribution in [-0.2, 0) is 11.5 Å². The fraction of sp³-hybridized carbons (Fsp3) is 0.412. The monoisotopic (exact) mass is 358 g/mol. The number of rotatable bonds is 4. The van der Waals surface area contributed by atoms with Crippen LogP contribution in [0.15, 0.2) is 35.4 Å². The molecule has 1 aliphatic heterocycles. The Morgan fingerprint density at radius 2 is 1.88 bits per heavy atom. The molecule has 1 aromatic heterocycles. The molecule has 26 heavy (non-hydrogen) atoms. The van der Waals surface area contributed by atoms with Crippen molar-refractivity contribution < 1.29 is 9.59 Å². The number of carbonyl (C=O) groups excluding carboxylic acids is 2. The molecule has 3 amide bonds. The minimum absolute atomic E-state index is 0.0652. The highest BCUT2D eigenvalue weighted by molar-refractivity contribution is 5.95. The van der Waals surface area contributed by atoms with Crippen LogP contribution < -0.4 is 16.2 Å². The number of carbonyl (C=O) groups is 2. The number of benzene rings is 1. The fourth-order valence-electron chi connectivity index (χ4n) is 2.80. The quantitative estimate of drug-likeness (QED) is 0.759. The standard InChI is InChI=1S/C17H22N6O3/c1-21-6-8-22(9-7-21)10-15(24)20-17(26)19-12-23-11-18-14-5-3-2-4-13(14)16(23)25/h2-5,11H,6-10,12H2,1H3,(H2,19,20,24,26). The van der Waals surface area contributed by atoms with E-state index < -0.39 is 6.03 Å². The largest absolute Gasteiger partial charge is 0.322 e. The molecule has 0 bridgehead atoms. The molecule has 0 unspecified atom stereocenters. The van der Waals surface area contributed by atoms with Crippen molar-refractivity contribution in [3.05, 3.63) is 40.9 Å². The third kappa shape index (κ3) is 4.44. The number of para-hydroxylation sites is 1. The van der Waals surface area contributed by atoms with Gasteiger partial charge in [0.1, 0.15) is 6.67 Å². The van der Waals surface area contributed by atoms with E-state index in [4.69, 9.17) is 0 Å². The number of piperazine rings is 1. The van der Waals surface area contributed by atoms with E-state index in [1.54, 1.807) is 24.3 Å². The summed E-state index contributed by atoms with van der Waals surface area (Å²) in [6, 6.07) is 6.35. The van der Waals surface area contributed by atoms with E-state index in [0.29, 0.717) is 10.9 Å². The van der Waals surface area contributed by atoms with Gasteiger partial charge in [-0.3, -0.25) is 24.4 Å². The minimum atomic E-state index is -0.635. The number of imide groups is 1. The summed E-state index contributed by atoms with van der Waals surface area (Å²) < 4.78 is 1.28. The maximum Gasteiger partial charge on any atom is 0.322 e. The Hall–Kier alpha value is -2.78. The Morgan fingerprint density at radius 1 is 1.15 bits per heavy atom. The van der Waals surface area contributed by atoms with E-state index in [1.807, 2.05) is 11.9 Å². The molecule has 0 saturated carbocycles. The van der Waals surface area contributed by atoms with Crippen LogP contribution in [0.25, 0.3) is 10.9 Å². The Kier molecular flexibility index (Phi) is 5.59. The second-order valence-electron chi connectivity index (χ2n) is 6.33. The molecule has 9 nitrogen and oxygen atoms in total. The van der Waals surface area contributed by atoms with E-state index in [-0.39, 0.29) is 24.7 Å². The van der Waals surface area contributed by atoms with Gasteiger partial charge in [0.2, 0.25) is 5.91 Å². The van der Waals surface area contributed by atoms with Gasteiger partial charge >= 0.3 is 6.03 Å². The molecule has 1 aromatic carbocycles. The molecular weight excluding hydrogens is 336 g/mol. The summed E-state index contributed by atoms with van der Waals surface area (Å²) in [4.78, 5) is 44.5. The summed E-state index contributed by atoms with van der Waals surface area (Å²) in [5.74, 6) is -0.365. The summed E-state index contributed by atoms with van der Waals surface area (Å²) in [6.07, 6.45) is 1.37.